The Bertz CT molecular complexity index is 348. The first kappa shape index (κ1) is 11.0. The Morgan fingerprint density at radius 1 is 1.18 bits per heavy atom. The van der Waals surface area contributed by atoms with Gasteiger partial charge in [0.25, 0.3) is 0 Å². The Balaban J connectivity index is 1.68. The monoisotopic (exact) mass is 238 g/mol. The number of amides is 1. The standard InChI is InChI=1S/C12H18N2O3/c15-11(9-4-7-3-8(7)5-9)14-2-1-13-6-10(14)12(16)17/h7-10,13H,1-6H2,(H,16,17). The van der Waals surface area contributed by atoms with Crippen molar-refractivity contribution in [2.24, 2.45) is 17.8 Å². The van der Waals surface area contributed by atoms with Crippen LogP contribution in [0.15, 0.2) is 0 Å². The first-order chi connectivity index (χ1) is 8.16. The normalized spacial score (nSPS) is 39.9. The molecule has 94 valence electrons. The lowest BCUT2D eigenvalue weighted by Crippen LogP contribution is -2.58. The molecule has 3 fully saturated rings. The highest BCUT2D eigenvalue weighted by atomic mass is 16.4. The molecule has 2 N–H and O–H groups in total. The van der Waals surface area contributed by atoms with Crippen molar-refractivity contribution < 1.29 is 14.7 Å². The van der Waals surface area contributed by atoms with Crippen molar-refractivity contribution in [2.75, 3.05) is 19.6 Å². The minimum Gasteiger partial charge on any atom is -0.480 e. The quantitative estimate of drug-likeness (QED) is 0.706. The molecule has 3 unspecified atom stereocenters. The van der Waals surface area contributed by atoms with E-state index in [1.165, 1.54) is 6.42 Å². The summed E-state index contributed by atoms with van der Waals surface area (Å²) >= 11 is 0. The number of hydrogen-bond donors (Lipinski definition) is 2. The summed E-state index contributed by atoms with van der Waals surface area (Å²) in [5, 5.41) is 12.2. The van der Waals surface area contributed by atoms with Crippen molar-refractivity contribution in [2.45, 2.75) is 25.3 Å². The van der Waals surface area contributed by atoms with Gasteiger partial charge >= 0.3 is 5.97 Å². The minimum atomic E-state index is -0.895. The zero-order chi connectivity index (χ0) is 12.0. The van der Waals surface area contributed by atoms with Crippen LogP contribution in [0.3, 0.4) is 0 Å². The molecule has 1 amide bonds. The van der Waals surface area contributed by atoms with E-state index in [1.807, 2.05) is 0 Å². The second-order valence-electron chi connectivity index (χ2n) is 5.51. The van der Waals surface area contributed by atoms with Crippen LogP contribution in [0.5, 0.6) is 0 Å². The van der Waals surface area contributed by atoms with Gasteiger partial charge in [0, 0.05) is 25.6 Å². The van der Waals surface area contributed by atoms with Crippen LogP contribution in [0.25, 0.3) is 0 Å². The molecule has 0 spiro atoms. The zero-order valence-electron chi connectivity index (χ0n) is 9.76. The fourth-order valence-electron chi connectivity index (χ4n) is 3.34. The van der Waals surface area contributed by atoms with Gasteiger partial charge in [0.2, 0.25) is 5.91 Å². The van der Waals surface area contributed by atoms with Crippen molar-refractivity contribution in [3.8, 4) is 0 Å². The number of carbonyl (C=O) groups excluding carboxylic acids is 1. The highest BCUT2D eigenvalue weighted by molar-refractivity contribution is 5.85. The first-order valence-electron chi connectivity index (χ1n) is 6.41. The molecular formula is C12H18N2O3. The third-order valence-corrected chi connectivity index (χ3v) is 4.40. The van der Waals surface area contributed by atoms with Crippen molar-refractivity contribution in [3.05, 3.63) is 0 Å². The number of aliphatic carboxylic acids is 1. The SMILES string of the molecule is O=C(O)C1CNCCN1C(=O)C1CC2CC2C1. The van der Waals surface area contributed by atoms with E-state index in [9.17, 15) is 9.59 Å². The minimum absolute atomic E-state index is 0.0751. The van der Waals surface area contributed by atoms with Crippen LogP contribution in [0.4, 0.5) is 0 Å². The highest BCUT2D eigenvalue weighted by Gasteiger charge is 2.49. The Kier molecular flexibility index (Phi) is 2.58. The maximum Gasteiger partial charge on any atom is 0.327 e. The Labute approximate surface area is 100 Å². The largest absolute Gasteiger partial charge is 0.480 e. The lowest BCUT2D eigenvalue weighted by molar-refractivity contribution is -0.153. The van der Waals surface area contributed by atoms with E-state index in [0.29, 0.717) is 19.6 Å². The summed E-state index contributed by atoms with van der Waals surface area (Å²) < 4.78 is 0. The van der Waals surface area contributed by atoms with Gasteiger partial charge < -0.3 is 15.3 Å². The number of rotatable bonds is 2. The number of carboxylic acid groups (broad SMARTS) is 1. The number of fused-ring (bicyclic) bond motifs is 1. The van der Waals surface area contributed by atoms with Crippen LogP contribution in [-0.2, 0) is 9.59 Å². The molecule has 2 saturated carbocycles. The van der Waals surface area contributed by atoms with Crippen LogP contribution >= 0.6 is 0 Å². The molecule has 1 saturated heterocycles. The number of hydrogen-bond acceptors (Lipinski definition) is 3. The first-order valence-corrected chi connectivity index (χ1v) is 6.41. The van der Waals surface area contributed by atoms with Gasteiger partial charge in [-0.1, -0.05) is 0 Å². The van der Waals surface area contributed by atoms with Gasteiger partial charge in [0.1, 0.15) is 6.04 Å². The topological polar surface area (TPSA) is 69.6 Å². The molecule has 0 bridgehead atoms. The van der Waals surface area contributed by atoms with E-state index < -0.39 is 12.0 Å². The molecule has 0 aromatic rings. The molecule has 3 aliphatic rings. The molecule has 5 nitrogen and oxygen atoms in total. The molecule has 0 aromatic heterocycles. The Hall–Kier alpha value is -1.10. The number of carboxylic acids is 1. The van der Waals surface area contributed by atoms with Crippen LogP contribution in [0.1, 0.15) is 19.3 Å². The van der Waals surface area contributed by atoms with Crippen molar-refractivity contribution in [3.63, 3.8) is 0 Å². The molecule has 2 aliphatic carbocycles. The van der Waals surface area contributed by atoms with Crippen LogP contribution < -0.4 is 5.32 Å². The van der Waals surface area contributed by atoms with E-state index in [-0.39, 0.29) is 11.8 Å². The van der Waals surface area contributed by atoms with Gasteiger partial charge in [-0.3, -0.25) is 4.79 Å². The number of nitrogens with one attached hydrogen (secondary N) is 1. The van der Waals surface area contributed by atoms with Crippen molar-refractivity contribution >= 4 is 11.9 Å². The molecule has 17 heavy (non-hydrogen) atoms. The molecule has 3 atom stereocenters. The maximum absolute atomic E-state index is 12.3. The summed E-state index contributed by atoms with van der Waals surface area (Å²) in [6.45, 7) is 1.61. The fourth-order valence-corrected chi connectivity index (χ4v) is 3.34. The lowest BCUT2D eigenvalue weighted by Gasteiger charge is -2.35. The van der Waals surface area contributed by atoms with Crippen molar-refractivity contribution in [1.29, 1.82) is 0 Å². The van der Waals surface area contributed by atoms with E-state index in [1.54, 1.807) is 4.90 Å². The van der Waals surface area contributed by atoms with E-state index in [0.717, 1.165) is 24.7 Å². The summed E-state index contributed by atoms with van der Waals surface area (Å²) in [6.07, 6.45) is 3.26. The molecule has 5 heteroatoms. The zero-order valence-corrected chi connectivity index (χ0v) is 9.76. The van der Waals surface area contributed by atoms with E-state index in [2.05, 4.69) is 5.32 Å². The molecule has 1 heterocycles. The fraction of sp³-hybridized carbons (Fsp3) is 0.833. The van der Waals surface area contributed by atoms with Crippen LogP contribution in [0.2, 0.25) is 0 Å². The second kappa shape index (κ2) is 3.98. The number of piperazine rings is 1. The number of nitrogens with zero attached hydrogens (tertiary/aromatic N) is 1. The molecule has 3 rings (SSSR count). The third kappa shape index (κ3) is 1.92. The predicted octanol–water partition coefficient (Wildman–Crippen LogP) is -0.0825. The lowest BCUT2D eigenvalue weighted by atomic mass is 10.00. The molecule has 0 radical (unpaired) electrons. The van der Waals surface area contributed by atoms with Crippen LogP contribution in [0, 0.1) is 17.8 Å². The summed E-state index contributed by atoms with van der Waals surface area (Å²) in [6, 6.07) is -0.673. The Morgan fingerprint density at radius 2 is 1.88 bits per heavy atom. The van der Waals surface area contributed by atoms with E-state index >= 15 is 0 Å². The molecular weight excluding hydrogens is 220 g/mol. The summed E-state index contributed by atoms with van der Waals surface area (Å²) in [4.78, 5) is 25.0. The third-order valence-electron chi connectivity index (χ3n) is 4.40. The van der Waals surface area contributed by atoms with Crippen LogP contribution in [-0.4, -0.2) is 47.6 Å². The van der Waals surface area contributed by atoms with Gasteiger partial charge in [-0.2, -0.15) is 0 Å². The Morgan fingerprint density at radius 3 is 2.53 bits per heavy atom. The predicted molar refractivity (Wildman–Crippen MR) is 60.3 cm³/mol. The van der Waals surface area contributed by atoms with Gasteiger partial charge in [-0.25, -0.2) is 4.79 Å². The highest BCUT2D eigenvalue weighted by Crippen LogP contribution is 2.54. The van der Waals surface area contributed by atoms with Gasteiger partial charge in [0.05, 0.1) is 0 Å². The second-order valence-corrected chi connectivity index (χ2v) is 5.51. The summed E-state index contributed by atoms with van der Waals surface area (Å²) in [7, 11) is 0. The summed E-state index contributed by atoms with van der Waals surface area (Å²) in [5.74, 6) is 0.795. The average Bonchev–Trinajstić information content (AvgIpc) is 2.95. The van der Waals surface area contributed by atoms with Crippen molar-refractivity contribution in [1.82, 2.24) is 10.2 Å². The van der Waals surface area contributed by atoms with Gasteiger partial charge in [0.15, 0.2) is 0 Å². The summed E-state index contributed by atoms with van der Waals surface area (Å²) in [5.41, 5.74) is 0. The molecule has 1 aliphatic heterocycles. The van der Waals surface area contributed by atoms with E-state index in [4.69, 9.17) is 5.11 Å². The molecule has 0 aromatic carbocycles. The maximum atomic E-state index is 12.3. The van der Waals surface area contributed by atoms with Gasteiger partial charge in [-0.05, 0) is 31.1 Å². The van der Waals surface area contributed by atoms with Gasteiger partial charge in [-0.15, -0.1) is 0 Å². The average molecular weight is 238 g/mol. The number of carbonyl (C=O) groups is 2. The smallest absolute Gasteiger partial charge is 0.327 e.